The molecule has 3 nitrogen and oxygen atoms in total. The van der Waals surface area contributed by atoms with Gasteiger partial charge in [-0.1, -0.05) is 35.3 Å². The van der Waals surface area contributed by atoms with Gasteiger partial charge in [-0.15, -0.1) is 0 Å². The lowest BCUT2D eigenvalue weighted by atomic mass is 10.1. The van der Waals surface area contributed by atoms with E-state index in [0.29, 0.717) is 15.6 Å². The van der Waals surface area contributed by atoms with Gasteiger partial charge in [-0.2, -0.15) is 0 Å². The fourth-order valence-corrected chi connectivity index (χ4v) is 2.76. The van der Waals surface area contributed by atoms with Crippen molar-refractivity contribution in [3.05, 3.63) is 45.5 Å². The third kappa shape index (κ3) is 3.50. The average Bonchev–Trinajstić information content (AvgIpc) is 2.89. The van der Waals surface area contributed by atoms with E-state index in [1.165, 1.54) is 0 Å². The molecule has 0 bridgehead atoms. The maximum absolute atomic E-state index is 11.8. The van der Waals surface area contributed by atoms with Crippen LogP contribution in [0.15, 0.2) is 29.8 Å². The summed E-state index contributed by atoms with van der Waals surface area (Å²) in [6.45, 7) is 0.0969. The van der Waals surface area contributed by atoms with Crippen molar-refractivity contribution < 1.29 is 9.90 Å². The molecule has 1 aromatic carbocycles. The second-order valence-electron chi connectivity index (χ2n) is 4.48. The van der Waals surface area contributed by atoms with Crippen LogP contribution in [0.3, 0.4) is 0 Å². The molecule has 0 radical (unpaired) electrons. The largest absolute Gasteiger partial charge is 0.386 e. The van der Waals surface area contributed by atoms with Crippen molar-refractivity contribution in [2.45, 2.75) is 25.4 Å². The molecule has 0 saturated carbocycles. The quantitative estimate of drug-likeness (QED) is 0.896. The van der Waals surface area contributed by atoms with E-state index < -0.39 is 6.10 Å². The van der Waals surface area contributed by atoms with E-state index in [1.54, 1.807) is 18.2 Å². The van der Waals surface area contributed by atoms with Gasteiger partial charge in [-0.3, -0.25) is 4.79 Å². The Labute approximate surface area is 122 Å². The lowest BCUT2D eigenvalue weighted by Crippen LogP contribution is -2.29. The number of amides is 1. The van der Waals surface area contributed by atoms with E-state index in [4.69, 9.17) is 23.2 Å². The first-order chi connectivity index (χ1) is 9.09. The van der Waals surface area contributed by atoms with Gasteiger partial charge in [0.05, 0.1) is 6.10 Å². The molecule has 1 aromatic rings. The Kier molecular flexibility index (Phi) is 4.86. The highest BCUT2D eigenvalue weighted by Gasteiger charge is 2.18. The van der Waals surface area contributed by atoms with Crippen LogP contribution >= 0.6 is 23.2 Å². The molecular weight excluding hydrogens is 285 g/mol. The van der Waals surface area contributed by atoms with E-state index in [-0.39, 0.29) is 12.5 Å². The van der Waals surface area contributed by atoms with Crippen LogP contribution in [0.5, 0.6) is 0 Å². The molecule has 1 aliphatic carbocycles. The van der Waals surface area contributed by atoms with Crippen molar-refractivity contribution in [3.63, 3.8) is 0 Å². The lowest BCUT2D eigenvalue weighted by molar-refractivity contribution is -0.118. The number of benzene rings is 1. The second kappa shape index (κ2) is 6.42. The minimum absolute atomic E-state index is 0.0969. The van der Waals surface area contributed by atoms with E-state index >= 15 is 0 Å². The van der Waals surface area contributed by atoms with Crippen LogP contribution < -0.4 is 5.32 Å². The van der Waals surface area contributed by atoms with Crippen molar-refractivity contribution in [2.75, 3.05) is 6.54 Å². The Morgan fingerprint density at radius 2 is 2.05 bits per heavy atom. The zero-order valence-electron chi connectivity index (χ0n) is 10.3. The summed E-state index contributed by atoms with van der Waals surface area (Å²) in [6.07, 6.45) is 3.79. The van der Waals surface area contributed by atoms with Gasteiger partial charge in [-0.05, 0) is 31.4 Å². The van der Waals surface area contributed by atoms with Gasteiger partial charge in [0.2, 0.25) is 5.91 Å². The number of aliphatic hydroxyl groups is 1. The maximum atomic E-state index is 11.8. The lowest BCUT2D eigenvalue weighted by Gasteiger charge is -2.15. The molecule has 5 heteroatoms. The Morgan fingerprint density at radius 3 is 2.63 bits per heavy atom. The molecular formula is C14H15Cl2NO2. The summed E-state index contributed by atoms with van der Waals surface area (Å²) >= 11 is 12.0. The minimum Gasteiger partial charge on any atom is -0.386 e. The van der Waals surface area contributed by atoms with Crippen LogP contribution in [0.2, 0.25) is 10.0 Å². The van der Waals surface area contributed by atoms with Crippen LogP contribution in [0.1, 0.15) is 30.9 Å². The molecule has 0 aromatic heterocycles. The molecule has 0 saturated heterocycles. The third-order valence-corrected chi connectivity index (χ3v) is 3.78. The van der Waals surface area contributed by atoms with Crippen molar-refractivity contribution in [3.8, 4) is 0 Å². The number of rotatable bonds is 4. The molecule has 2 rings (SSSR count). The highest BCUT2D eigenvalue weighted by molar-refractivity contribution is 6.36. The summed E-state index contributed by atoms with van der Waals surface area (Å²) in [5.41, 5.74) is 1.24. The molecule has 1 aliphatic rings. The Bertz CT molecular complexity index is 494. The smallest absolute Gasteiger partial charge is 0.246 e. The topological polar surface area (TPSA) is 49.3 Å². The summed E-state index contributed by atoms with van der Waals surface area (Å²) in [5.74, 6) is -0.125. The molecule has 1 amide bonds. The number of hydrogen-bond acceptors (Lipinski definition) is 2. The van der Waals surface area contributed by atoms with Crippen molar-refractivity contribution >= 4 is 29.1 Å². The van der Waals surface area contributed by atoms with Gasteiger partial charge in [0.25, 0.3) is 0 Å². The summed E-state index contributed by atoms with van der Waals surface area (Å²) in [5, 5.41) is 13.6. The predicted molar refractivity (Wildman–Crippen MR) is 76.4 cm³/mol. The fourth-order valence-electron chi connectivity index (χ4n) is 2.11. The number of aliphatic hydroxyl groups excluding tert-OH is 1. The normalized spacial score (nSPS) is 16.1. The summed E-state index contributed by atoms with van der Waals surface area (Å²) in [4.78, 5) is 11.8. The first-order valence-corrected chi connectivity index (χ1v) is 6.94. The molecule has 19 heavy (non-hydrogen) atoms. The Hall–Kier alpha value is -1.03. The summed E-state index contributed by atoms with van der Waals surface area (Å²) in [7, 11) is 0. The van der Waals surface area contributed by atoms with Gasteiger partial charge in [0.15, 0.2) is 0 Å². The fraction of sp³-hybridized carbons (Fsp3) is 0.357. The number of hydrogen-bond donors (Lipinski definition) is 2. The molecule has 102 valence electrons. The Balaban J connectivity index is 1.97. The van der Waals surface area contributed by atoms with Crippen LogP contribution in [0, 0.1) is 0 Å². The standard InChI is InChI=1S/C14H15Cl2NO2/c15-10-6-3-7-11(16)13(10)12(18)8-17-14(19)9-4-1-2-5-9/h3-4,6-7,12,18H,1-2,5,8H2,(H,17,19). The third-order valence-electron chi connectivity index (χ3n) is 3.12. The Morgan fingerprint density at radius 1 is 1.37 bits per heavy atom. The van der Waals surface area contributed by atoms with Gasteiger partial charge in [-0.25, -0.2) is 0 Å². The van der Waals surface area contributed by atoms with E-state index in [2.05, 4.69) is 5.32 Å². The van der Waals surface area contributed by atoms with Crippen LogP contribution in [0.4, 0.5) is 0 Å². The molecule has 0 aliphatic heterocycles. The molecule has 0 fully saturated rings. The molecule has 0 spiro atoms. The SMILES string of the molecule is O=C(NCC(O)c1c(Cl)cccc1Cl)C1=CCCC1. The van der Waals surface area contributed by atoms with Gasteiger partial charge in [0.1, 0.15) is 0 Å². The van der Waals surface area contributed by atoms with Gasteiger partial charge < -0.3 is 10.4 Å². The van der Waals surface area contributed by atoms with E-state index in [1.807, 2.05) is 6.08 Å². The predicted octanol–water partition coefficient (Wildman–Crippen LogP) is 3.25. The van der Waals surface area contributed by atoms with Gasteiger partial charge >= 0.3 is 0 Å². The van der Waals surface area contributed by atoms with Crippen molar-refractivity contribution in [1.82, 2.24) is 5.32 Å². The van der Waals surface area contributed by atoms with Crippen LogP contribution in [-0.4, -0.2) is 17.6 Å². The number of allylic oxidation sites excluding steroid dienone is 1. The van der Waals surface area contributed by atoms with Crippen molar-refractivity contribution in [2.24, 2.45) is 0 Å². The number of carbonyl (C=O) groups is 1. The zero-order valence-corrected chi connectivity index (χ0v) is 11.8. The maximum Gasteiger partial charge on any atom is 0.246 e. The highest BCUT2D eigenvalue weighted by atomic mass is 35.5. The number of nitrogens with one attached hydrogen (secondary N) is 1. The number of halogens is 2. The first-order valence-electron chi connectivity index (χ1n) is 6.19. The zero-order chi connectivity index (χ0) is 13.8. The monoisotopic (exact) mass is 299 g/mol. The minimum atomic E-state index is -0.910. The molecule has 0 heterocycles. The highest BCUT2D eigenvalue weighted by Crippen LogP contribution is 2.30. The van der Waals surface area contributed by atoms with E-state index in [9.17, 15) is 9.90 Å². The van der Waals surface area contributed by atoms with Crippen molar-refractivity contribution in [1.29, 1.82) is 0 Å². The van der Waals surface area contributed by atoms with Crippen LogP contribution in [0.25, 0.3) is 0 Å². The summed E-state index contributed by atoms with van der Waals surface area (Å²) < 4.78 is 0. The molecule has 2 N–H and O–H groups in total. The first kappa shape index (κ1) is 14.4. The average molecular weight is 300 g/mol. The summed E-state index contributed by atoms with van der Waals surface area (Å²) in [6, 6.07) is 5.03. The molecule has 1 atom stereocenters. The second-order valence-corrected chi connectivity index (χ2v) is 5.30. The number of carbonyl (C=O) groups excluding carboxylic acids is 1. The van der Waals surface area contributed by atoms with E-state index in [0.717, 1.165) is 24.8 Å². The van der Waals surface area contributed by atoms with Crippen LogP contribution in [-0.2, 0) is 4.79 Å². The molecule has 1 unspecified atom stereocenters. The van der Waals surface area contributed by atoms with Gasteiger partial charge in [0, 0.05) is 27.7 Å².